The number of carboxylic acid groups (broad SMARTS) is 1. The number of halogens is 2. The van der Waals surface area contributed by atoms with Crippen molar-refractivity contribution in [2.75, 3.05) is 0 Å². The lowest BCUT2D eigenvalue weighted by molar-refractivity contribution is -0.136. The fourth-order valence-corrected chi connectivity index (χ4v) is 3.51. The van der Waals surface area contributed by atoms with Gasteiger partial charge in [0.1, 0.15) is 0 Å². The predicted molar refractivity (Wildman–Crippen MR) is 125 cm³/mol. The molecule has 29 heavy (non-hydrogen) atoms. The lowest BCUT2D eigenvalue weighted by atomic mass is 9.87. The van der Waals surface area contributed by atoms with E-state index in [-0.39, 0.29) is 31.2 Å². The first-order valence-electron chi connectivity index (χ1n) is 9.75. The molecule has 4 nitrogen and oxygen atoms in total. The normalized spacial score (nSPS) is 10.6. The van der Waals surface area contributed by atoms with Crippen LogP contribution in [0.25, 0.3) is 11.1 Å². The Balaban J connectivity index is 0.00000392. The summed E-state index contributed by atoms with van der Waals surface area (Å²) in [5, 5.41) is 9.56. The van der Waals surface area contributed by atoms with E-state index in [0.717, 1.165) is 46.5 Å². The summed E-state index contributed by atoms with van der Waals surface area (Å²) in [7, 11) is 0. The summed E-state index contributed by atoms with van der Waals surface area (Å²) in [6, 6.07) is 8.25. The van der Waals surface area contributed by atoms with Crippen LogP contribution in [0.2, 0.25) is 0 Å². The second kappa shape index (κ2) is 12.2. The summed E-state index contributed by atoms with van der Waals surface area (Å²) in [6.07, 6.45) is 1.56. The van der Waals surface area contributed by atoms with Gasteiger partial charge in [0.2, 0.25) is 0 Å². The van der Waals surface area contributed by atoms with Crippen molar-refractivity contribution in [2.24, 2.45) is 17.6 Å². The quantitative estimate of drug-likeness (QED) is 0.576. The highest BCUT2D eigenvalue weighted by Crippen LogP contribution is 2.34. The molecule has 2 aromatic rings. The van der Waals surface area contributed by atoms with Gasteiger partial charge in [0, 0.05) is 17.9 Å². The maximum Gasteiger partial charge on any atom is 0.307 e. The Labute approximate surface area is 187 Å². The van der Waals surface area contributed by atoms with Crippen LogP contribution >= 0.6 is 24.8 Å². The van der Waals surface area contributed by atoms with E-state index in [1.54, 1.807) is 0 Å². The Morgan fingerprint density at radius 1 is 0.966 bits per heavy atom. The van der Waals surface area contributed by atoms with Crippen molar-refractivity contribution in [3.8, 4) is 11.1 Å². The number of benzene rings is 1. The molecule has 0 amide bonds. The minimum atomic E-state index is -0.838. The summed E-state index contributed by atoms with van der Waals surface area (Å²) >= 11 is 0. The number of aromatic nitrogens is 1. The van der Waals surface area contributed by atoms with Gasteiger partial charge in [-0.3, -0.25) is 9.78 Å². The Kier molecular flexibility index (Phi) is 11.5. The SMILES string of the molecule is Cc1ccc(-c2c(CN)c(CC(C)C)nc(CC(C)C)c2CC(=O)O)cc1.Cl.Cl. The molecule has 0 atom stereocenters. The monoisotopic (exact) mass is 440 g/mol. The number of carboxylic acids is 1. The van der Waals surface area contributed by atoms with Gasteiger partial charge in [-0.25, -0.2) is 0 Å². The molecule has 0 aliphatic heterocycles. The maximum atomic E-state index is 11.6. The number of nitrogens with zero attached hydrogens (tertiary/aromatic N) is 1. The average Bonchev–Trinajstić information content (AvgIpc) is 2.56. The van der Waals surface area contributed by atoms with Crippen LogP contribution in [0.3, 0.4) is 0 Å². The molecule has 0 aliphatic rings. The van der Waals surface area contributed by atoms with Crippen molar-refractivity contribution in [1.82, 2.24) is 4.98 Å². The highest BCUT2D eigenvalue weighted by molar-refractivity contribution is 5.85. The second-order valence-electron chi connectivity index (χ2n) is 8.17. The second-order valence-corrected chi connectivity index (χ2v) is 8.17. The van der Waals surface area contributed by atoms with E-state index in [9.17, 15) is 9.90 Å². The molecule has 6 heteroatoms. The van der Waals surface area contributed by atoms with Crippen LogP contribution in [0, 0.1) is 18.8 Å². The number of aryl methyl sites for hydroxylation is 1. The Morgan fingerprint density at radius 3 is 1.86 bits per heavy atom. The molecule has 3 N–H and O–H groups in total. The van der Waals surface area contributed by atoms with Crippen LogP contribution < -0.4 is 5.73 Å². The summed E-state index contributed by atoms with van der Waals surface area (Å²) in [5.74, 6) is 0.00665. The van der Waals surface area contributed by atoms with E-state index in [4.69, 9.17) is 10.7 Å². The summed E-state index contributed by atoms with van der Waals surface area (Å²) in [6.45, 7) is 11.0. The lowest BCUT2D eigenvalue weighted by Crippen LogP contribution is -2.17. The molecule has 1 aromatic carbocycles. The zero-order valence-corrected chi connectivity index (χ0v) is 19.6. The first-order chi connectivity index (χ1) is 12.7. The standard InChI is InChI=1S/C23H32N2O2.2ClH/c1-14(2)10-20-18(12-22(26)27)23(17-8-6-16(5)7-9-17)19(13-24)21(25-20)11-15(3)4;;/h6-9,14-15H,10-13,24H2,1-5H3,(H,26,27);2*1H. The first kappa shape index (κ1) is 27.4. The van der Waals surface area contributed by atoms with Crippen molar-refractivity contribution in [3.05, 3.63) is 52.3 Å². The van der Waals surface area contributed by atoms with Gasteiger partial charge >= 0.3 is 5.97 Å². The molecule has 1 aromatic heterocycles. The number of nitrogens with two attached hydrogens (primary N) is 1. The smallest absolute Gasteiger partial charge is 0.307 e. The van der Waals surface area contributed by atoms with Crippen molar-refractivity contribution in [2.45, 2.75) is 60.4 Å². The first-order valence-corrected chi connectivity index (χ1v) is 9.75. The van der Waals surface area contributed by atoms with Crippen LogP contribution in [-0.4, -0.2) is 16.1 Å². The van der Waals surface area contributed by atoms with Crippen molar-refractivity contribution >= 4 is 30.8 Å². The van der Waals surface area contributed by atoms with Crippen molar-refractivity contribution < 1.29 is 9.90 Å². The van der Waals surface area contributed by atoms with E-state index in [2.05, 4.69) is 52.0 Å². The summed E-state index contributed by atoms with van der Waals surface area (Å²) in [5.41, 5.74) is 13.0. The van der Waals surface area contributed by atoms with Gasteiger partial charge in [-0.1, -0.05) is 57.5 Å². The highest BCUT2D eigenvalue weighted by atomic mass is 35.5. The van der Waals surface area contributed by atoms with Gasteiger partial charge in [-0.15, -0.1) is 24.8 Å². The van der Waals surface area contributed by atoms with E-state index in [0.29, 0.717) is 18.4 Å². The minimum Gasteiger partial charge on any atom is -0.481 e. The minimum absolute atomic E-state index is 0. The number of aliphatic carboxylic acids is 1. The predicted octanol–water partition coefficient (Wildman–Crippen LogP) is 5.38. The third-order valence-electron chi connectivity index (χ3n) is 4.65. The lowest BCUT2D eigenvalue weighted by Gasteiger charge is -2.22. The fourth-order valence-electron chi connectivity index (χ4n) is 3.51. The van der Waals surface area contributed by atoms with E-state index < -0.39 is 5.97 Å². The van der Waals surface area contributed by atoms with E-state index in [1.165, 1.54) is 5.56 Å². The van der Waals surface area contributed by atoms with Gasteiger partial charge in [-0.2, -0.15) is 0 Å². The van der Waals surface area contributed by atoms with E-state index in [1.807, 2.05) is 6.92 Å². The van der Waals surface area contributed by atoms with Crippen molar-refractivity contribution in [1.29, 1.82) is 0 Å². The van der Waals surface area contributed by atoms with Crippen LogP contribution in [-0.2, 0) is 30.6 Å². The molecule has 0 aliphatic carbocycles. The molecule has 0 bridgehead atoms. The number of rotatable bonds is 8. The molecule has 2 rings (SSSR count). The summed E-state index contributed by atoms with van der Waals surface area (Å²) in [4.78, 5) is 16.6. The molecule has 0 fully saturated rings. The largest absolute Gasteiger partial charge is 0.481 e. The number of carbonyl (C=O) groups is 1. The zero-order chi connectivity index (χ0) is 20.1. The Morgan fingerprint density at radius 2 is 1.45 bits per heavy atom. The van der Waals surface area contributed by atoms with Gasteiger partial charge < -0.3 is 10.8 Å². The molecule has 1 heterocycles. The van der Waals surface area contributed by atoms with Crippen LogP contribution in [0.5, 0.6) is 0 Å². The van der Waals surface area contributed by atoms with Crippen LogP contribution in [0.15, 0.2) is 24.3 Å². The van der Waals surface area contributed by atoms with Crippen LogP contribution in [0.4, 0.5) is 0 Å². The molecule has 0 unspecified atom stereocenters. The Hall–Kier alpha value is -1.62. The number of hydrogen-bond acceptors (Lipinski definition) is 3. The van der Waals surface area contributed by atoms with Crippen molar-refractivity contribution in [3.63, 3.8) is 0 Å². The van der Waals surface area contributed by atoms with Gasteiger partial charge in [0.05, 0.1) is 6.42 Å². The van der Waals surface area contributed by atoms with E-state index >= 15 is 0 Å². The maximum absolute atomic E-state index is 11.6. The number of hydrogen-bond donors (Lipinski definition) is 2. The van der Waals surface area contributed by atoms with Gasteiger partial charge in [0.25, 0.3) is 0 Å². The molecule has 0 saturated carbocycles. The molecule has 162 valence electrons. The molecule has 0 spiro atoms. The topological polar surface area (TPSA) is 76.2 Å². The average molecular weight is 441 g/mol. The zero-order valence-electron chi connectivity index (χ0n) is 18.0. The highest BCUT2D eigenvalue weighted by Gasteiger charge is 2.22. The van der Waals surface area contributed by atoms with Gasteiger partial charge in [0.15, 0.2) is 0 Å². The third kappa shape index (κ3) is 7.29. The van der Waals surface area contributed by atoms with Crippen LogP contribution in [0.1, 0.15) is 55.8 Å². The molecular formula is C23H34Cl2N2O2. The third-order valence-corrected chi connectivity index (χ3v) is 4.65. The fraction of sp³-hybridized carbons (Fsp3) is 0.478. The van der Waals surface area contributed by atoms with Gasteiger partial charge in [-0.05, 0) is 53.9 Å². The number of pyridine rings is 1. The molecular weight excluding hydrogens is 407 g/mol. The summed E-state index contributed by atoms with van der Waals surface area (Å²) < 4.78 is 0. The Bertz CT molecular complexity index is 804. The molecule has 0 radical (unpaired) electrons. The molecule has 0 saturated heterocycles.